The van der Waals surface area contributed by atoms with Crippen LogP contribution in [-0.2, 0) is 19.1 Å². The van der Waals surface area contributed by atoms with E-state index in [0.717, 1.165) is 11.1 Å². The SMILES string of the molecule is COC(=O)C(Br)c1ccccc1Cl.COC(=O)C(Cl)c1ccccc1. The summed E-state index contributed by atoms with van der Waals surface area (Å²) in [5.41, 5.74) is 1.47. The predicted molar refractivity (Wildman–Crippen MR) is 102 cm³/mol. The first-order chi connectivity index (χ1) is 11.9. The summed E-state index contributed by atoms with van der Waals surface area (Å²) >= 11 is 14.9. The van der Waals surface area contributed by atoms with Crippen LogP contribution in [-0.4, -0.2) is 26.2 Å². The number of carbonyl (C=O) groups excluding carboxylic acids is 2. The highest BCUT2D eigenvalue weighted by Crippen LogP contribution is 2.29. The molecule has 0 saturated carbocycles. The van der Waals surface area contributed by atoms with E-state index in [9.17, 15) is 9.59 Å². The summed E-state index contributed by atoms with van der Waals surface area (Å²) in [4.78, 5) is 21.6. The number of carbonyl (C=O) groups is 2. The summed E-state index contributed by atoms with van der Waals surface area (Å²) in [6.07, 6.45) is 0. The Hall–Kier alpha value is -1.56. The van der Waals surface area contributed by atoms with Gasteiger partial charge in [0.15, 0.2) is 5.38 Å². The zero-order chi connectivity index (χ0) is 18.8. The third-order valence-electron chi connectivity index (χ3n) is 3.09. The fourth-order valence-electron chi connectivity index (χ4n) is 1.77. The van der Waals surface area contributed by atoms with Crippen LogP contribution in [0.3, 0.4) is 0 Å². The third kappa shape index (κ3) is 6.69. The van der Waals surface area contributed by atoms with Crippen molar-refractivity contribution in [3.63, 3.8) is 0 Å². The number of halogens is 3. The normalized spacial score (nSPS) is 12.2. The third-order valence-corrected chi connectivity index (χ3v) is 4.73. The smallest absolute Gasteiger partial charge is 0.328 e. The van der Waals surface area contributed by atoms with Crippen molar-refractivity contribution >= 4 is 51.1 Å². The van der Waals surface area contributed by atoms with Crippen molar-refractivity contribution in [2.75, 3.05) is 14.2 Å². The second-order valence-corrected chi connectivity index (χ2v) is 6.46. The van der Waals surface area contributed by atoms with Gasteiger partial charge in [-0.1, -0.05) is 76.1 Å². The lowest BCUT2D eigenvalue weighted by molar-refractivity contribution is -0.141. The summed E-state index contributed by atoms with van der Waals surface area (Å²) in [5.74, 6) is -0.782. The van der Waals surface area contributed by atoms with Crippen molar-refractivity contribution in [1.82, 2.24) is 0 Å². The molecular formula is C18H17BrCl2O4. The maximum absolute atomic E-state index is 11.1. The monoisotopic (exact) mass is 446 g/mol. The molecule has 25 heavy (non-hydrogen) atoms. The quantitative estimate of drug-likeness (QED) is 0.483. The number of ether oxygens (including phenoxy) is 2. The number of alkyl halides is 2. The average molecular weight is 448 g/mol. The Bertz CT molecular complexity index is 694. The summed E-state index contributed by atoms with van der Waals surface area (Å²) in [6, 6.07) is 16.2. The molecule has 2 aromatic carbocycles. The van der Waals surface area contributed by atoms with E-state index in [2.05, 4.69) is 25.4 Å². The summed E-state index contributed by atoms with van der Waals surface area (Å²) in [5, 5.41) is -0.147. The fourth-order valence-corrected chi connectivity index (χ4v) is 2.97. The molecule has 0 aromatic heterocycles. The molecule has 2 rings (SSSR count). The van der Waals surface area contributed by atoms with Crippen LogP contribution in [0.15, 0.2) is 54.6 Å². The number of hydrogen-bond donors (Lipinski definition) is 0. The van der Waals surface area contributed by atoms with E-state index in [1.165, 1.54) is 14.2 Å². The second-order valence-electron chi connectivity index (χ2n) is 4.70. The molecule has 0 radical (unpaired) electrons. The van der Waals surface area contributed by atoms with Gasteiger partial charge in [-0.05, 0) is 17.2 Å². The number of hydrogen-bond acceptors (Lipinski definition) is 4. The van der Waals surface area contributed by atoms with Crippen LogP contribution in [0.1, 0.15) is 21.3 Å². The first kappa shape index (κ1) is 21.5. The van der Waals surface area contributed by atoms with E-state index in [1.807, 2.05) is 30.3 Å². The maximum atomic E-state index is 11.1. The number of rotatable bonds is 4. The van der Waals surface area contributed by atoms with Crippen LogP contribution in [0.5, 0.6) is 0 Å². The first-order valence-corrected chi connectivity index (χ1v) is 8.88. The van der Waals surface area contributed by atoms with E-state index in [1.54, 1.807) is 24.3 Å². The minimum Gasteiger partial charge on any atom is -0.468 e. The minimum absolute atomic E-state index is 0.354. The van der Waals surface area contributed by atoms with Crippen molar-refractivity contribution in [3.05, 3.63) is 70.7 Å². The molecule has 0 heterocycles. The number of methoxy groups -OCH3 is 2. The molecule has 2 aromatic rings. The molecule has 7 heteroatoms. The molecule has 0 spiro atoms. The van der Waals surface area contributed by atoms with E-state index in [4.69, 9.17) is 23.2 Å². The summed E-state index contributed by atoms with van der Waals surface area (Å²) in [6.45, 7) is 0. The predicted octanol–water partition coefficient (Wildman–Crippen LogP) is 5.09. The highest BCUT2D eigenvalue weighted by molar-refractivity contribution is 9.09. The first-order valence-electron chi connectivity index (χ1n) is 7.15. The largest absolute Gasteiger partial charge is 0.468 e. The molecule has 0 N–H and O–H groups in total. The summed E-state index contributed by atoms with van der Waals surface area (Å²) in [7, 11) is 2.66. The van der Waals surface area contributed by atoms with Crippen LogP contribution in [0.4, 0.5) is 0 Å². The lowest BCUT2D eigenvalue weighted by atomic mass is 10.1. The lowest BCUT2D eigenvalue weighted by Gasteiger charge is -2.08. The highest BCUT2D eigenvalue weighted by atomic mass is 79.9. The van der Waals surface area contributed by atoms with E-state index >= 15 is 0 Å². The molecule has 2 unspecified atom stereocenters. The van der Waals surface area contributed by atoms with Gasteiger partial charge in [0.25, 0.3) is 0 Å². The fraction of sp³-hybridized carbons (Fsp3) is 0.222. The lowest BCUT2D eigenvalue weighted by Crippen LogP contribution is -2.08. The van der Waals surface area contributed by atoms with Crippen LogP contribution >= 0.6 is 39.1 Å². The van der Waals surface area contributed by atoms with Crippen LogP contribution < -0.4 is 0 Å². The molecule has 0 bridgehead atoms. The van der Waals surface area contributed by atoms with Crippen LogP contribution in [0.25, 0.3) is 0 Å². The van der Waals surface area contributed by atoms with Gasteiger partial charge in [-0.2, -0.15) is 0 Å². The molecule has 0 fully saturated rings. The molecular weight excluding hydrogens is 431 g/mol. The van der Waals surface area contributed by atoms with Crippen molar-refractivity contribution in [3.8, 4) is 0 Å². The Morgan fingerprint density at radius 1 is 0.920 bits per heavy atom. The van der Waals surface area contributed by atoms with Gasteiger partial charge in [0.2, 0.25) is 0 Å². The van der Waals surface area contributed by atoms with Gasteiger partial charge in [0, 0.05) is 5.02 Å². The van der Waals surface area contributed by atoms with Gasteiger partial charge in [-0.25, -0.2) is 0 Å². The Morgan fingerprint density at radius 2 is 1.44 bits per heavy atom. The van der Waals surface area contributed by atoms with Gasteiger partial charge in [0.1, 0.15) is 4.83 Å². The van der Waals surface area contributed by atoms with Gasteiger partial charge in [0.05, 0.1) is 14.2 Å². The average Bonchev–Trinajstić information content (AvgIpc) is 2.67. The Kier molecular flexibility index (Phi) is 9.57. The Morgan fingerprint density at radius 3 is 1.96 bits per heavy atom. The topological polar surface area (TPSA) is 52.6 Å². The molecule has 0 aliphatic heterocycles. The summed E-state index contributed by atoms with van der Waals surface area (Å²) < 4.78 is 9.07. The van der Waals surface area contributed by atoms with Crippen LogP contribution in [0.2, 0.25) is 5.02 Å². The van der Waals surface area contributed by atoms with Gasteiger partial charge < -0.3 is 9.47 Å². The van der Waals surface area contributed by atoms with Crippen LogP contribution in [0, 0.1) is 0 Å². The zero-order valence-corrected chi connectivity index (χ0v) is 16.7. The van der Waals surface area contributed by atoms with E-state index in [-0.39, 0.29) is 5.97 Å². The highest BCUT2D eigenvalue weighted by Gasteiger charge is 2.19. The van der Waals surface area contributed by atoms with Gasteiger partial charge in [-0.3, -0.25) is 9.59 Å². The van der Waals surface area contributed by atoms with Crippen molar-refractivity contribution in [1.29, 1.82) is 0 Å². The number of benzene rings is 2. The zero-order valence-electron chi connectivity index (χ0n) is 13.6. The Balaban J connectivity index is 0.000000251. The maximum Gasteiger partial charge on any atom is 0.328 e. The number of esters is 2. The molecule has 2 atom stereocenters. The van der Waals surface area contributed by atoms with E-state index in [0.29, 0.717) is 5.02 Å². The molecule has 0 aliphatic carbocycles. The molecule has 134 valence electrons. The second kappa shape index (κ2) is 11.1. The minimum atomic E-state index is -0.698. The van der Waals surface area contributed by atoms with Gasteiger partial charge in [-0.15, -0.1) is 11.6 Å². The Labute approximate surface area is 165 Å². The van der Waals surface area contributed by atoms with Crippen molar-refractivity contribution in [2.45, 2.75) is 10.2 Å². The standard InChI is InChI=1S/C9H8BrClO2.C9H9ClO2/c1-13-9(12)8(10)6-4-2-3-5-7(6)11;1-12-9(11)8(10)7-5-3-2-4-6-7/h2-5,8H,1H3;2-6,8H,1H3. The molecule has 0 saturated heterocycles. The molecule has 0 amide bonds. The van der Waals surface area contributed by atoms with Crippen molar-refractivity contribution < 1.29 is 19.1 Å². The molecule has 0 aliphatic rings. The van der Waals surface area contributed by atoms with Gasteiger partial charge >= 0.3 is 11.9 Å². The molecule has 4 nitrogen and oxygen atoms in total. The van der Waals surface area contributed by atoms with E-state index < -0.39 is 16.2 Å². The van der Waals surface area contributed by atoms with Crippen molar-refractivity contribution in [2.24, 2.45) is 0 Å².